The molecule has 1 saturated heterocycles. The van der Waals surface area contributed by atoms with E-state index in [9.17, 15) is 0 Å². The molecule has 0 aromatic heterocycles. The van der Waals surface area contributed by atoms with Gasteiger partial charge in [-0.15, -0.1) is 0 Å². The van der Waals surface area contributed by atoms with Crippen LogP contribution in [-0.4, -0.2) is 40.0 Å². The van der Waals surface area contributed by atoms with E-state index >= 15 is 0 Å². The number of hydrogen-bond acceptors (Lipinski definition) is 5. The summed E-state index contributed by atoms with van der Waals surface area (Å²) in [4.78, 5) is 2.54. The Morgan fingerprint density at radius 3 is 2.50 bits per heavy atom. The van der Waals surface area contributed by atoms with Gasteiger partial charge in [-0.25, -0.2) is 0 Å². The largest absolute Gasteiger partial charge is 0.493 e. The van der Waals surface area contributed by atoms with E-state index in [1.807, 2.05) is 6.07 Å². The summed E-state index contributed by atoms with van der Waals surface area (Å²) in [7, 11) is 3.40. The Bertz CT molecular complexity index is 861. The molecule has 0 aliphatic carbocycles. The maximum absolute atomic E-state index is 6.52. The Labute approximate surface area is 180 Å². The Kier molecular flexibility index (Phi) is 6.49. The zero-order valence-electron chi connectivity index (χ0n) is 18.4. The average molecular weight is 411 g/mol. The summed E-state index contributed by atoms with van der Waals surface area (Å²) in [5, 5.41) is 0. The lowest BCUT2D eigenvalue weighted by Gasteiger charge is -2.41. The van der Waals surface area contributed by atoms with E-state index in [1.165, 1.54) is 16.8 Å². The fraction of sp³-hybridized carbons (Fsp3) is 0.520. The van der Waals surface area contributed by atoms with Gasteiger partial charge in [-0.1, -0.05) is 31.2 Å². The molecular weight excluding hydrogens is 376 g/mol. The van der Waals surface area contributed by atoms with Gasteiger partial charge in [0.15, 0.2) is 11.5 Å². The standard InChI is InChI=1S/C25H34N2O3/c1-4-17-7-5-6-8-21(17)27-13-11-18(12-14-27)23-15-20-19(24(16-26)30-23)9-10-22(28-2)25(20)29-3/h5-10,18,23-24H,4,11-16,26H2,1-3H3/t23-,24-/m0/s1. The van der Waals surface area contributed by atoms with Crippen LogP contribution in [0.5, 0.6) is 11.5 Å². The summed E-state index contributed by atoms with van der Waals surface area (Å²) in [6.07, 6.45) is 4.25. The van der Waals surface area contributed by atoms with Crippen molar-refractivity contribution >= 4 is 5.69 Å². The number of nitrogens with two attached hydrogens (primary N) is 1. The third-order valence-corrected chi connectivity index (χ3v) is 6.77. The van der Waals surface area contributed by atoms with Crippen molar-refractivity contribution in [2.75, 3.05) is 38.8 Å². The summed E-state index contributed by atoms with van der Waals surface area (Å²) >= 11 is 0. The number of anilines is 1. The lowest BCUT2D eigenvalue weighted by atomic mass is 9.83. The van der Waals surface area contributed by atoms with E-state index in [-0.39, 0.29) is 12.2 Å². The zero-order chi connectivity index (χ0) is 21.1. The van der Waals surface area contributed by atoms with Gasteiger partial charge in [-0.05, 0) is 48.4 Å². The molecule has 5 heteroatoms. The van der Waals surface area contributed by atoms with Crippen LogP contribution in [0.4, 0.5) is 5.69 Å². The van der Waals surface area contributed by atoms with Gasteiger partial charge in [-0.2, -0.15) is 0 Å². The Balaban J connectivity index is 1.51. The SMILES string of the molecule is CCc1ccccc1N1CCC([C@@H]2Cc3c(ccc(OC)c3OC)[C@H](CN)O2)CC1. The molecule has 0 radical (unpaired) electrons. The van der Waals surface area contributed by atoms with Crippen molar-refractivity contribution in [1.29, 1.82) is 0 Å². The first-order chi connectivity index (χ1) is 14.7. The van der Waals surface area contributed by atoms with Crippen molar-refractivity contribution in [2.45, 2.75) is 44.8 Å². The number of para-hydroxylation sites is 1. The average Bonchev–Trinajstić information content (AvgIpc) is 2.82. The van der Waals surface area contributed by atoms with Crippen LogP contribution in [0.2, 0.25) is 0 Å². The molecule has 0 unspecified atom stereocenters. The number of rotatable bonds is 6. The number of nitrogens with zero attached hydrogens (tertiary/aromatic N) is 1. The van der Waals surface area contributed by atoms with Crippen molar-refractivity contribution in [3.05, 3.63) is 53.1 Å². The summed E-state index contributed by atoms with van der Waals surface area (Å²) in [5.41, 5.74) is 11.3. The lowest BCUT2D eigenvalue weighted by molar-refractivity contribution is -0.0569. The molecule has 2 N–H and O–H groups in total. The summed E-state index contributed by atoms with van der Waals surface area (Å²) in [6.45, 7) is 4.84. The molecule has 0 amide bonds. The first-order valence-corrected chi connectivity index (χ1v) is 11.1. The molecule has 0 bridgehead atoms. The second-order valence-electron chi connectivity index (χ2n) is 8.28. The molecule has 0 saturated carbocycles. The molecule has 1 fully saturated rings. The maximum atomic E-state index is 6.52. The highest BCUT2D eigenvalue weighted by molar-refractivity contribution is 5.54. The smallest absolute Gasteiger partial charge is 0.164 e. The van der Waals surface area contributed by atoms with E-state index in [0.29, 0.717) is 12.5 Å². The van der Waals surface area contributed by atoms with Gasteiger partial charge in [0.05, 0.1) is 26.4 Å². The van der Waals surface area contributed by atoms with Crippen molar-refractivity contribution < 1.29 is 14.2 Å². The number of benzene rings is 2. The minimum atomic E-state index is -0.0857. The third-order valence-electron chi connectivity index (χ3n) is 6.77. The molecule has 5 nitrogen and oxygen atoms in total. The fourth-order valence-electron chi connectivity index (χ4n) is 5.14. The van der Waals surface area contributed by atoms with Crippen LogP contribution >= 0.6 is 0 Å². The minimum absolute atomic E-state index is 0.0857. The summed E-state index contributed by atoms with van der Waals surface area (Å²) < 4.78 is 17.8. The van der Waals surface area contributed by atoms with Crippen LogP contribution in [0.1, 0.15) is 42.6 Å². The van der Waals surface area contributed by atoms with E-state index < -0.39 is 0 Å². The van der Waals surface area contributed by atoms with Crippen LogP contribution in [-0.2, 0) is 17.6 Å². The van der Waals surface area contributed by atoms with Gasteiger partial charge in [0.25, 0.3) is 0 Å². The van der Waals surface area contributed by atoms with Gasteiger partial charge < -0.3 is 24.8 Å². The van der Waals surface area contributed by atoms with Gasteiger partial charge >= 0.3 is 0 Å². The third kappa shape index (κ3) is 3.88. The molecular formula is C25H34N2O3. The van der Waals surface area contributed by atoms with Crippen molar-refractivity contribution in [3.8, 4) is 11.5 Å². The lowest BCUT2D eigenvalue weighted by Crippen LogP contribution is -2.42. The number of hydrogen-bond donors (Lipinski definition) is 1. The predicted octanol–water partition coefficient (Wildman–Crippen LogP) is 4.12. The molecule has 2 aromatic carbocycles. The summed E-state index contributed by atoms with van der Waals surface area (Å²) in [6, 6.07) is 12.8. The zero-order valence-corrected chi connectivity index (χ0v) is 18.4. The van der Waals surface area contributed by atoms with Crippen LogP contribution in [0.15, 0.2) is 36.4 Å². The topological polar surface area (TPSA) is 57.0 Å². The van der Waals surface area contributed by atoms with E-state index in [2.05, 4.69) is 42.2 Å². The highest BCUT2D eigenvalue weighted by Gasteiger charge is 2.36. The molecule has 0 spiro atoms. The molecule has 2 heterocycles. The van der Waals surface area contributed by atoms with Gasteiger partial charge in [-0.3, -0.25) is 0 Å². The monoisotopic (exact) mass is 410 g/mol. The molecule has 30 heavy (non-hydrogen) atoms. The number of piperidine rings is 1. The Hall–Kier alpha value is -2.24. The Morgan fingerprint density at radius 2 is 1.83 bits per heavy atom. The van der Waals surface area contributed by atoms with E-state index in [1.54, 1.807) is 14.2 Å². The molecule has 4 rings (SSSR count). The second kappa shape index (κ2) is 9.27. The molecule has 162 valence electrons. The van der Waals surface area contributed by atoms with Crippen LogP contribution in [0.25, 0.3) is 0 Å². The maximum Gasteiger partial charge on any atom is 0.164 e. The van der Waals surface area contributed by atoms with Crippen molar-refractivity contribution in [3.63, 3.8) is 0 Å². The van der Waals surface area contributed by atoms with E-state index in [0.717, 1.165) is 55.8 Å². The van der Waals surface area contributed by atoms with Crippen molar-refractivity contribution in [1.82, 2.24) is 0 Å². The van der Waals surface area contributed by atoms with E-state index in [4.69, 9.17) is 19.9 Å². The van der Waals surface area contributed by atoms with Gasteiger partial charge in [0.1, 0.15) is 0 Å². The normalized spacial score (nSPS) is 21.9. The highest BCUT2D eigenvalue weighted by Crippen LogP contribution is 2.43. The number of fused-ring (bicyclic) bond motifs is 1. The van der Waals surface area contributed by atoms with Crippen LogP contribution < -0.4 is 20.1 Å². The summed E-state index contributed by atoms with van der Waals surface area (Å²) in [5.74, 6) is 2.13. The van der Waals surface area contributed by atoms with Gasteiger partial charge in [0, 0.05) is 37.3 Å². The Morgan fingerprint density at radius 1 is 1.07 bits per heavy atom. The molecule has 2 aliphatic rings. The molecule has 2 aliphatic heterocycles. The number of methoxy groups -OCH3 is 2. The second-order valence-corrected chi connectivity index (χ2v) is 8.28. The van der Waals surface area contributed by atoms with Crippen LogP contribution in [0, 0.1) is 5.92 Å². The quantitative estimate of drug-likeness (QED) is 0.776. The van der Waals surface area contributed by atoms with Gasteiger partial charge in [0.2, 0.25) is 0 Å². The minimum Gasteiger partial charge on any atom is -0.493 e. The predicted molar refractivity (Wildman–Crippen MR) is 121 cm³/mol. The van der Waals surface area contributed by atoms with Crippen LogP contribution in [0.3, 0.4) is 0 Å². The first-order valence-electron chi connectivity index (χ1n) is 11.1. The highest BCUT2D eigenvalue weighted by atomic mass is 16.5. The number of aryl methyl sites for hydroxylation is 1. The molecule has 2 atom stereocenters. The van der Waals surface area contributed by atoms with Crippen molar-refractivity contribution in [2.24, 2.45) is 11.7 Å². The molecule has 2 aromatic rings. The first kappa shape index (κ1) is 21.0. The fourth-order valence-corrected chi connectivity index (χ4v) is 5.14. The number of ether oxygens (including phenoxy) is 3.